The molecule has 1 aliphatic heterocycles. The highest BCUT2D eigenvalue weighted by molar-refractivity contribution is 7.87. The molecular formula is C22H24N2O7S. The van der Waals surface area contributed by atoms with Crippen LogP contribution in [0.5, 0.6) is 17.2 Å². The van der Waals surface area contributed by atoms with E-state index < -0.39 is 16.0 Å². The number of ether oxygens (including phenoxy) is 2. The average molecular weight is 461 g/mol. The van der Waals surface area contributed by atoms with Gasteiger partial charge < -0.3 is 23.9 Å². The van der Waals surface area contributed by atoms with Crippen LogP contribution in [0.15, 0.2) is 40.9 Å². The maximum absolute atomic E-state index is 13.0. The molecule has 0 bridgehead atoms. The largest absolute Gasteiger partial charge is 0.493 e. The molecule has 1 fully saturated rings. The molecular weight excluding hydrogens is 436 g/mol. The van der Waals surface area contributed by atoms with Gasteiger partial charge in [0.15, 0.2) is 17.2 Å². The minimum Gasteiger partial charge on any atom is -0.493 e. The van der Waals surface area contributed by atoms with Gasteiger partial charge in [0, 0.05) is 18.2 Å². The lowest BCUT2D eigenvalue weighted by Gasteiger charge is -2.25. The van der Waals surface area contributed by atoms with Gasteiger partial charge in [-0.1, -0.05) is 17.7 Å². The van der Waals surface area contributed by atoms with Gasteiger partial charge in [-0.25, -0.2) is 0 Å². The van der Waals surface area contributed by atoms with Gasteiger partial charge in [-0.3, -0.25) is 9.59 Å². The van der Waals surface area contributed by atoms with Gasteiger partial charge in [0.1, 0.15) is 10.6 Å². The normalized spacial score (nSPS) is 15.5. The molecule has 0 spiro atoms. The summed E-state index contributed by atoms with van der Waals surface area (Å²) in [6.07, 6.45) is 1.35. The summed E-state index contributed by atoms with van der Waals surface area (Å²) in [7, 11) is 0.138. The Morgan fingerprint density at radius 2 is 1.69 bits per heavy atom. The second kappa shape index (κ2) is 8.91. The topological polar surface area (TPSA) is 111 Å². The smallest absolute Gasteiger partial charge is 0.339 e. The number of piperazine rings is 1. The Morgan fingerprint density at radius 1 is 1.03 bits per heavy atom. The fourth-order valence-corrected chi connectivity index (χ4v) is 4.26. The lowest BCUT2D eigenvalue weighted by atomic mass is 10.1. The minimum atomic E-state index is -4.20. The molecule has 3 rings (SSSR count). The molecule has 0 radical (unpaired) electrons. The second-order valence-corrected chi connectivity index (χ2v) is 8.82. The van der Waals surface area contributed by atoms with Gasteiger partial charge in [0.2, 0.25) is 5.91 Å². The van der Waals surface area contributed by atoms with E-state index in [9.17, 15) is 18.0 Å². The predicted molar refractivity (Wildman–Crippen MR) is 117 cm³/mol. The molecule has 32 heavy (non-hydrogen) atoms. The number of amides is 2. The third-order valence-electron chi connectivity index (χ3n) is 4.91. The molecule has 1 saturated heterocycles. The fraction of sp³-hybridized carbons (Fsp3) is 0.273. The number of nitrogens with zero attached hydrogens (tertiary/aromatic N) is 1. The quantitative estimate of drug-likeness (QED) is 0.519. The van der Waals surface area contributed by atoms with E-state index in [-0.39, 0.29) is 40.1 Å². The Labute approximate surface area is 186 Å². The van der Waals surface area contributed by atoms with Crippen molar-refractivity contribution in [1.82, 2.24) is 10.2 Å². The standard InChI is InChI=1S/C22H24N2O7S/c1-13-6-8-16(9-7-13)32(27,28)31-20-14(2)21(30-5)18(29-4)11-15(20)10-17-22(26)24(3)12-19(25)23-17/h6-11H,12H2,1-5H3,(H,23,25)/b17-10-. The third kappa shape index (κ3) is 4.54. The molecule has 0 aliphatic carbocycles. The highest BCUT2D eigenvalue weighted by Crippen LogP contribution is 2.42. The van der Waals surface area contributed by atoms with Crippen molar-refractivity contribution in [3.05, 3.63) is 52.7 Å². The first-order chi connectivity index (χ1) is 15.1. The molecule has 0 unspecified atom stereocenters. The predicted octanol–water partition coefficient (Wildman–Crippen LogP) is 2.02. The number of carbonyl (C=O) groups is 2. The molecule has 170 valence electrons. The number of hydrogen-bond donors (Lipinski definition) is 1. The van der Waals surface area contributed by atoms with Gasteiger partial charge >= 0.3 is 10.1 Å². The van der Waals surface area contributed by atoms with E-state index in [0.717, 1.165) is 5.56 Å². The van der Waals surface area contributed by atoms with E-state index in [4.69, 9.17) is 13.7 Å². The first-order valence-corrected chi connectivity index (χ1v) is 11.0. The molecule has 0 atom stereocenters. The summed E-state index contributed by atoms with van der Waals surface area (Å²) in [6.45, 7) is 3.37. The number of benzene rings is 2. The Bertz CT molecular complexity index is 1200. The van der Waals surface area contributed by atoms with Crippen LogP contribution in [-0.4, -0.2) is 52.9 Å². The van der Waals surface area contributed by atoms with Crippen molar-refractivity contribution in [2.75, 3.05) is 27.8 Å². The van der Waals surface area contributed by atoms with Crippen LogP contribution in [0, 0.1) is 13.8 Å². The van der Waals surface area contributed by atoms with Crippen LogP contribution in [0.1, 0.15) is 16.7 Å². The summed E-state index contributed by atoms with van der Waals surface area (Å²) in [6, 6.07) is 7.68. The van der Waals surface area contributed by atoms with Crippen LogP contribution >= 0.6 is 0 Å². The van der Waals surface area contributed by atoms with E-state index >= 15 is 0 Å². The third-order valence-corrected chi connectivity index (χ3v) is 6.15. The molecule has 0 aromatic heterocycles. The molecule has 2 aromatic carbocycles. The van der Waals surface area contributed by atoms with Crippen LogP contribution < -0.4 is 19.0 Å². The van der Waals surface area contributed by atoms with Crippen LogP contribution in [0.25, 0.3) is 6.08 Å². The zero-order chi connectivity index (χ0) is 23.6. The fourth-order valence-electron chi connectivity index (χ4n) is 3.25. The Hall–Kier alpha value is -3.53. The number of rotatable bonds is 6. The van der Waals surface area contributed by atoms with E-state index in [1.54, 1.807) is 19.1 Å². The zero-order valence-corrected chi connectivity index (χ0v) is 19.2. The molecule has 1 N–H and O–H groups in total. The zero-order valence-electron chi connectivity index (χ0n) is 18.4. The maximum Gasteiger partial charge on any atom is 0.339 e. The summed E-state index contributed by atoms with van der Waals surface area (Å²) in [4.78, 5) is 25.7. The summed E-state index contributed by atoms with van der Waals surface area (Å²) < 4.78 is 42.2. The lowest BCUT2D eigenvalue weighted by molar-refractivity contribution is -0.135. The Morgan fingerprint density at radius 3 is 2.28 bits per heavy atom. The van der Waals surface area contributed by atoms with E-state index in [1.165, 1.54) is 50.4 Å². The number of aryl methyl sites for hydroxylation is 1. The van der Waals surface area contributed by atoms with Crippen LogP contribution in [0.3, 0.4) is 0 Å². The SMILES string of the molecule is COc1cc(/C=C2\NC(=O)CN(C)C2=O)c(OS(=O)(=O)c2ccc(C)cc2)c(C)c1OC. The van der Waals surface area contributed by atoms with Gasteiger partial charge in [-0.2, -0.15) is 8.42 Å². The van der Waals surface area contributed by atoms with Crippen molar-refractivity contribution < 1.29 is 31.7 Å². The van der Waals surface area contributed by atoms with Gasteiger partial charge in [0.25, 0.3) is 5.91 Å². The molecule has 1 aliphatic rings. The summed E-state index contributed by atoms with van der Waals surface area (Å²) in [5.41, 5.74) is 1.44. The van der Waals surface area contributed by atoms with Gasteiger partial charge in [-0.05, 0) is 38.1 Å². The minimum absolute atomic E-state index is 0.0204. The lowest BCUT2D eigenvalue weighted by Crippen LogP contribution is -2.47. The number of nitrogens with one attached hydrogen (secondary N) is 1. The highest BCUT2D eigenvalue weighted by Gasteiger charge is 2.28. The van der Waals surface area contributed by atoms with Crippen LogP contribution in [0.2, 0.25) is 0 Å². The first kappa shape index (κ1) is 23.1. The molecule has 1 heterocycles. The van der Waals surface area contributed by atoms with Crippen LogP contribution in [0.4, 0.5) is 0 Å². The van der Waals surface area contributed by atoms with Crippen molar-refractivity contribution in [1.29, 1.82) is 0 Å². The monoisotopic (exact) mass is 460 g/mol. The van der Waals surface area contributed by atoms with Gasteiger partial charge in [0.05, 0.1) is 20.8 Å². The Balaban J connectivity index is 2.18. The average Bonchev–Trinajstić information content (AvgIpc) is 2.74. The highest BCUT2D eigenvalue weighted by atomic mass is 32.2. The number of likely N-dealkylation sites (N-methyl/N-ethyl adjacent to an activating group) is 1. The maximum atomic E-state index is 13.0. The summed E-state index contributed by atoms with van der Waals surface area (Å²) >= 11 is 0. The van der Waals surface area contributed by atoms with Crippen LogP contribution in [-0.2, 0) is 19.7 Å². The van der Waals surface area contributed by atoms with E-state index in [1.807, 2.05) is 6.92 Å². The van der Waals surface area contributed by atoms with E-state index in [2.05, 4.69) is 5.32 Å². The molecule has 2 aromatic rings. The Kier molecular flexibility index (Phi) is 6.45. The second-order valence-electron chi connectivity index (χ2n) is 7.27. The molecule has 2 amide bonds. The first-order valence-electron chi connectivity index (χ1n) is 9.61. The van der Waals surface area contributed by atoms with Crippen molar-refractivity contribution in [3.8, 4) is 17.2 Å². The van der Waals surface area contributed by atoms with E-state index in [0.29, 0.717) is 11.3 Å². The number of carbonyl (C=O) groups excluding carboxylic acids is 2. The van der Waals surface area contributed by atoms with Crippen molar-refractivity contribution in [3.63, 3.8) is 0 Å². The number of methoxy groups -OCH3 is 2. The van der Waals surface area contributed by atoms with Gasteiger partial charge in [-0.15, -0.1) is 0 Å². The summed E-state index contributed by atoms with van der Waals surface area (Å²) in [5, 5.41) is 2.51. The molecule has 0 saturated carbocycles. The van der Waals surface area contributed by atoms with Crippen molar-refractivity contribution >= 4 is 28.0 Å². The molecule has 9 nitrogen and oxygen atoms in total. The molecule has 10 heteroatoms. The van der Waals surface area contributed by atoms with Crippen molar-refractivity contribution in [2.45, 2.75) is 18.7 Å². The number of hydrogen-bond acceptors (Lipinski definition) is 7. The summed E-state index contributed by atoms with van der Waals surface area (Å²) in [5.74, 6) is -0.263. The van der Waals surface area contributed by atoms with Crippen molar-refractivity contribution in [2.24, 2.45) is 0 Å².